The van der Waals surface area contributed by atoms with E-state index in [9.17, 15) is 13.5 Å². The van der Waals surface area contributed by atoms with Gasteiger partial charge in [-0.05, 0) is 32.4 Å². The maximum atomic E-state index is 12.3. The summed E-state index contributed by atoms with van der Waals surface area (Å²) in [5.74, 6) is 0.0772. The summed E-state index contributed by atoms with van der Waals surface area (Å²) in [5, 5.41) is 13.3. The standard InChI is InChI=1S/C12H14N2O4S/c1-7-5-4-6-10(15)11(7)14-19(16,17)12-8(2)13-18-9(12)3/h4-6,14-15H,1-3H3. The number of benzene rings is 1. The number of anilines is 1. The molecule has 0 fully saturated rings. The Bertz CT molecular complexity index is 680. The van der Waals surface area contributed by atoms with Crippen molar-refractivity contribution in [1.29, 1.82) is 0 Å². The normalized spacial score (nSPS) is 11.5. The third kappa shape index (κ3) is 2.41. The van der Waals surface area contributed by atoms with Gasteiger partial charge in [-0.1, -0.05) is 17.3 Å². The maximum absolute atomic E-state index is 12.3. The van der Waals surface area contributed by atoms with Crippen LogP contribution in [0.5, 0.6) is 5.75 Å². The molecule has 2 aromatic rings. The zero-order valence-electron chi connectivity index (χ0n) is 10.8. The number of hydrogen-bond acceptors (Lipinski definition) is 5. The van der Waals surface area contributed by atoms with Crippen LogP contribution in [0.4, 0.5) is 5.69 Å². The molecule has 7 heteroatoms. The molecule has 1 aromatic heterocycles. The van der Waals surface area contributed by atoms with E-state index >= 15 is 0 Å². The van der Waals surface area contributed by atoms with Crippen molar-refractivity contribution < 1.29 is 18.0 Å². The van der Waals surface area contributed by atoms with Gasteiger partial charge in [-0.25, -0.2) is 8.42 Å². The van der Waals surface area contributed by atoms with Crippen LogP contribution in [0.25, 0.3) is 0 Å². The third-order valence-electron chi connectivity index (χ3n) is 2.72. The lowest BCUT2D eigenvalue weighted by Crippen LogP contribution is -2.15. The van der Waals surface area contributed by atoms with E-state index in [4.69, 9.17) is 4.52 Å². The highest BCUT2D eigenvalue weighted by Crippen LogP contribution is 2.30. The van der Waals surface area contributed by atoms with Crippen LogP contribution in [-0.2, 0) is 10.0 Å². The van der Waals surface area contributed by atoms with Gasteiger partial charge >= 0.3 is 0 Å². The van der Waals surface area contributed by atoms with E-state index in [0.717, 1.165) is 0 Å². The Kier molecular flexibility index (Phi) is 3.23. The zero-order valence-corrected chi connectivity index (χ0v) is 11.6. The Labute approximate surface area is 111 Å². The summed E-state index contributed by atoms with van der Waals surface area (Å²) in [6, 6.07) is 4.75. The molecule has 0 radical (unpaired) electrons. The van der Waals surface area contributed by atoms with Crippen molar-refractivity contribution in [1.82, 2.24) is 5.16 Å². The second kappa shape index (κ2) is 4.58. The van der Waals surface area contributed by atoms with Gasteiger partial charge in [0.25, 0.3) is 10.0 Å². The molecule has 2 rings (SSSR count). The van der Waals surface area contributed by atoms with Crippen LogP contribution in [0.2, 0.25) is 0 Å². The lowest BCUT2D eigenvalue weighted by atomic mass is 10.2. The third-order valence-corrected chi connectivity index (χ3v) is 4.32. The molecule has 0 unspecified atom stereocenters. The average molecular weight is 282 g/mol. The average Bonchev–Trinajstić information content (AvgIpc) is 2.64. The van der Waals surface area contributed by atoms with Crippen molar-refractivity contribution in [2.75, 3.05) is 4.72 Å². The molecule has 0 aliphatic rings. The fourth-order valence-electron chi connectivity index (χ4n) is 1.83. The van der Waals surface area contributed by atoms with Crippen molar-refractivity contribution in [3.05, 3.63) is 35.2 Å². The number of hydrogen-bond donors (Lipinski definition) is 2. The molecule has 19 heavy (non-hydrogen) atoms. The fraction of sp³-hybridized carbons (Fsp3) is 0.250. The van der Waals surface area contributed by atoms with Crippen LogP contribution in [0.1, 0.15) is 17.0 Å². The van der Waals surface area contributed by atoms with E-state index < -0.39 is 10.0 Å². The van der Waals surface area contributed by atoms with Gasteiger partial charge in [-0.2, -0.15) is 0 Å². The van der Waals surface area contributed by atoms with E-state index in [2.05, 4.69) is 9.88 Å². The van der Waals surface area contributed by atoms with Crippen LogP contribution >= 0.6 is 0 Å². The first-order valence-corrected chi connectivity index (χ1v) is 7.05. The van der Waals surface area contributed by atoms with Gasteiger partial charge in [-0.3, -0.25) is 4.72 Å². The zero-order chi connectivity index (χ0) is 14.2. The molecular weight excluding hydrogens is 268 g/mol. The molecule has 2 N–H and O–H groups in total. The summed E-state index contributed by atoms with van der Waals surface area (Å²) in [7, 11) is -3.84. The first kappa shape index (κ1) is 13.4. The SMILES string of the molecule is Cc1cccc(O)c1NS(=O)(=O)c1c(C)noc1C. The molecular formula is C12H14N2O4S. The van der Waals surface area contributed by atoms with Gasteiger partial charge in [0.05, 0.1) is 5.69 Å². The van der Waals surface area contributed by atoms with Crippen molar-refractivity contribution >= 4 is 15.7 Å². The molecule has 6 nitrogen and oxygen atoms in total. The van der Waals surface area contributed by atoms with Gasteiger partial charge < -0.3 is 9.63 Å². The van der Waals surface area contributed by atoms with E-state index in [1.54, 1.807) is 26.0 Å². The number of para-hydroxylation sites is 1. The second-order valence-electron chi connectivity index (χ2n) is 4.23. The van der Waals surface area contributed by atoms with E-state index in [-0.39, 0.29) is 27.8 Å². The Morgan fingerprint density at radius 3 is 2.47 bits per heavy atom. The Morgan fingerprint density at radius 1 is 1.26 bits per heavy atom. The van der Waals surface area contributed by atoms with E-state index in [1.807, 2.05) is 0 Å². The van der Waals surface area contributed by atoms with Gasteiger partial charge in [0.15, 0.2) is 10.7 Å². The lowest BCUT2D eigenvalue weighted by Gasteiger charge is -2.11. The van der Waals surface area contributed by atoms with Gasteiger partial charge in [0, 0.05) is 0 Å². The first-order valence-electron chi connectivity index (χ1n) is 5.57. The highest BCUT2D eigenvalue weighted by Gasteiger charge is 2.25. The van der Waals surface area contributed by atoms with Crippen molar-refractivity contribution in [3.8, 4) is 5.75 Å². The van der Waals surface area contributed by atoms with Crippen molar-refractivity contribution in [2.24, 2.45) is 0 Å². The number of sulfonamides is 1. The second-order valence-corrected chi connectivity index (χ2v) is 5.85. The lowest BCUT2D eigenvalue weighted by molar-refractivity contribution is 0.390. The highest BCUT2D eigenvalue weighted by atomic mass is 32.2. The number of nitrogens with zero attached hydrogens (tertiary/aromatic N) is 1. The molecule has 1 heterocycles. The topological polar surface area (TPSA) is 92.4 Å². The maximum Gasteiger partial charge on any atom is 0.267 e. The minimum atomic E-state index is -3.84. The Hall–Kier alpha value is -2.02. The van der Waals surface area contributed by atoms with Gasteiger partial charge in [0.1, 0.15) is 11.4 Å². The predicted molar refractivity (Wildman–Crippen MR) is 69.6 cm³/mol. The summed E-state index contributed by atoms with van der Waals surface area (Å²) in [4.78, 5) is -0.00449. The highest BCUT2D eigenvalue weighted by molar-refractivity contribution is 7.92. The van der Waals surface area contributed by atoms with E-state index in [0.29, 0.717) is 5.56 Å². The number of aromatic nitrogens is 1. The predicted octanol–water partition coefficient (Wildman–Crippen LogP) is 2.11. The Balaban J connectivity index is 2.49. The van der Waals surface area contributed by atoms with Gasteiger partial charge in [-0.15, -0.1) is 0 Å². The summed E-state index contributed by atoms with van der Waals surface area (Å²) < 4.78 is 31.8. The van der Waals surface area contributed by atoms with Crippen LogP contribution < -0.4 is 4.72 Å². The number of aromatic hydroxyl groups is 1. The molecule has 102 valence electrons. The molecule has 0 saturated carbocycles. The molecule has 0 bridgehead atoms. The number of phenols is 1. The van der Waals surface area contributed by atoms with E-state index in [1.165, 1.54) is 13.0 Å². The van der Waals surface area contributed by atoms with Crippen LogP contribution in [0, 0.1) is 20.8 Å². The van der Waals surface area contributed by atoms with Crippen molar-refractivity contribution in [3.63, 3.8) is 0 Å². The van der Waals surface area contributed by atoms with Crippen LogP contribution in [0.15, 0.2) is 27.6 Å². The largest absolute Gasteiger partial charge is 0.506 e. The van der Waals surface area contributed by atoms with Crippen molar-refractivity contribution in [2.45, 2.75) is 25.7 Å². The summed E-state index contributed by atoms with van der Waals surface area (Å²) >= 11 is 0. The number of nitrogens with one attached hydrogen (secondary N) is 1. The van der Waals surface area contributed by atoms with Crippen LogP contribution in [0.3, 0.4) is 0 Å². The minimum Gasteiger partial charge on any atom is -0.506 e. The molecule has 0 aliphatic carbocycles. The van der Waals surface area contributed by atoms with Gasteiger partial charge in [0.2, 0.25) is 0 Å². The molecule has 0 aliphatic heterocycles. The fourth-order valence-corrected chi connectivity index (χ4v) is 3.31. The van der Waals surface area contributed by atoms with Crippen LogP contribution in [-0.4, -0.2) is 18.7 Å². The number of rotatable bonds is 3. The smallest absolute Gasteiger partial charge is 0.267 e. The summed E-state index contributed by atoms with van der Waals surface area (Å²) in [5.41, 5.74) is 1.05. The summed E-state index contributed by atoms with van der Waals surface area (Å²) in [6.07, 6.45) is 0. The molecule has 0 saturated heterocycles. The molecule has 0 amide bonds. The monoisotopic (exact) mass is 282 g/mol. The number of phenolic OH excluding ortho intramolecular Hbond substituents is 1. The minimum absolute atomic E-state index is 0.00449. The molecule has 0 spiro atoms. The molecule has 1 aromatic carbocycles. The first-order chi connectivity index (χ1) is 8.83. The molecule has 0 atom stereocenters. The number of aryl methyl sites for hydroxylation is 3. The Morgan fingerprint density at radius 2 is 1.95 bits per heavy atom. The summed E-state index contributed by atoms with van der Waals surface area (Å²) in [6.45, 7) is 4.76. The quantitative estimate of drug-likeness (QED) is 0.841.